The quantitative estimate of drug-likeness (QED) is 0.910. The molecule has 2 heterocycles. The highest BCUT2D eigenvalue weighted by Gasteiger charge is 2.24. The van der Waals surface area contributed by atoms with E-state index >= 15 is 0 Å². The number of anilines is 1. The van der Waals surface area contributed by atoms with E-state index in [1.54, 1.807) is 12.4 Å². The Morgan fingerprint density at radius 1 is 1.21 bits per heavy atom. The zero-order valence-electron chi connectivity index (χ0n) is 10.6. The van der Waals surface area contributed by atoms with Gasteiger partial charge in [-0.15, -0.1) is 0 Å². The Kier molecular flexibility index (Phi) is 3.33. The topological polar surface area (TPSA) is 45.6 Å². The molecule has 1 aromatic heterocycles. The maximum absolute atomic E-state index is 9.34. The number of para-hydroxylation sites is 2. The van der Waals surface area contributed by atoms with Crippen molar-refractivity contribution in [2.45, 2.75) is 12.6 Å². The molecule has 0 unspecified atom stereocenters. The van der Waals surface area contributed by atoms with Gasteiger partial charge in [-0.3, -0.25) is 4.98 Å². The lowest BCUT2D eigenvalue weighted by Crippen LogP contribution is -2.41. The predicted octanol–water partition coefficient (Wildman–Crippen LogP) is 1.84. The second-order valence-corrected chi connectivity index (χ2v) is 4.63. The van der Waals surface area contributed by atoms with Crippen LogP contribution in [0.3, 0.4) is 0 Å². The summed E-state index contributed by atoms with van der Waals surface area (Å²) < 4.78 is 5.75. The zero-order valence-corrected chi connectivity index (χ0v) is 10.6. The van der Waals surface area contributed by atoms with E-state index in [0.717, 1.165) is 18.0 Å². The van der Waals surface area contributed by atoms with Crippen LogP contribution >= 0.6 is 0 Å². The molecule has 0 aliphatic carbocycles. The Morgan fingerprint density at radius 3 is 2.79 bits per heavy atom. The van der Waals surface area contributed by atoms with Crippen LogP contribution in [0.4, 0.5) is 5.69 Å². The minimum absolute atomic E-state index is 0.0289. The van der Waals surface area contributed by atoms with Crippen LogP contribution in [-0.2, 0) is 6.54 Å². The van der Waals surface area contributed by atoms with E-state index in [1.807, 2.05) is 36.4 Å². The Balaban J connectivity index is 1.88. The lowest BCUT2D eigenvalue weighted by atomic mass is 10.1. The predicted molar refractivity (Wildman–Crippen MR) is 73.2 cm³/mol. The van der Waals surface area contributed by atoms with Crippen molar-refractivity contribution < 1.29 is 9.84 Å². The number of nitrogens with zero attached hydrogens (tertiary/aromatic N) is 2. The zero-order chi connectivity index (χ0) is 13.1. The number of rotatable bonds is 3. The number of hydrogen-bond donors (Lipinski definition) is 1. The van der Waals surface area contributed by atoms with Gasteiger partial charge in [0, 0.05) is 18.9 Å². The second kappa shape index (κ2) is 5.28. The molecule has 1 aliphatic rings. The van der Waals surface area contributed by atoms with Gasteiger partial charge in [0.15, 0.2) is 0 Å². The summed E-state index contributed by atoms with van der Waals surface area (Å²) in [6.07, 6.45) is 3.42. The summed E-state index contributed by atoms with van der Waals surface area (Å²) in [6, 6.07) is 11.9. The van der Waals surface area contributed by atoms with E-state index < -0.39 is 0 Å². The van der Waals surface area contributed by atoms with Crippen molar-refractivity contribution >= 4 is 5.69 Å². The van der Waals surface area contributed by atoms with Crippen molar-refractivity contribution in [3.8, 4) is 5.75 Å². The molecule has 4 heteroatoms. The molecule has 2 aromatic rings. The van der Waals surface area contributed by atoms with Crippen LogP contribution in [0.25, 0.3) is 0 Å². The highest BCUT2D eigenvalue weighted by atomic mass is 16.5. The standard InChI is InChI=1S/C15H16N2O2/c18-11-13-10-17(9-12-5-7-16-8-6-12)14-3-1-2-4-15(14)19-13/h1-8,13,18H,9-11H2/t13-/m1/s1. The third kappa shape index (κ3) is 2.53. The molecule has 0 fully saturated rings. The smallest absolute Gasteiger partial charge is 0.143 e. The number of benzene rings is 1. The number of aliphatic hydroxyl groups is 1. The van der Waals surface area contributed by atoms with Crippen LogP contribution in [0.1, 0.15) is 5.56 Å². The van der Waals surface area contributed by atoms with Crippen LogP contribution in [0.5, 0.6) is 5.75 Å². The maximum atomic E-state index is 9.34. The molecular weight excluding hydrogens is 240 g/mol. The molecule has 1 N–H and O–H groups in total. The summed E-state index contributed by atoms with van der Waals surface area (Å²) in [5, 5.41) is 9.34. The first kappa shape index (κ1) is 12.0. The molecule has 0 saturated heterocycles. The summed E-state index contributed by atoms with van der Waals surface area (Å²) in [6.45, 7) is 1.51. The van der Waals surface area contributed by atoms with E-state index in [1.165, 1.54) is 5.56 Å². The van der Waals surface area contributed by atoms with Gasteiger partial charge < -0.3 is 14.7 Å². The molecule has 0 bridgehead atoms. The molecule has 1 aliphatic heterocycles. The van der Waals surface area contributed by atoms with Gasteiger partial charge in [0.25, 0.3) is 0 Å². The highest BCUT2D eigenvalue weighted by molar-refractivity contribution is 5.60. The number of aromatic nitrogens is 1. The SMILES string of the molecule is OC[C@H]1CN(Cc2ccncc2)c2ccccc2O1. The van der Waals surface area contributed by atoms with Crippen LogP contribution in [0.2, 0.25) is 0 Å². The molecule has 1 atom stereocenters. The Hall–Kier alpha value is -2.07. The molecule has 0 spiro atoms. The summed E-state index contributed by atoms with van der Waals surface area (Å²) in [5.74, 6) is 0.835. The minimum atomic E-state index is -0.170. The van der Waals surface area contributed by atoms with Crippen LogP contribution in [0, 0.1) is 0 Å². The van der Waals surface area contributed by atoms with Crippen LogP contribution < -0.4 is 9.64 Å². The minimum Gasteiger partial charge on any atom is -0.484 e. The fraction of sp³-hybridized carbons (Fsp3) is 0.267. The number of ether oxygens (including phenoxy) is 1. The van der Waals surface area contributed by atoms with Gasteiger partial charge in [-0.1, -0.05) is 12.1 Å². The monoisotopic (exact) mass is 256 g/mol. The molecule has 4 nitrogen and oxygen atoms in total. The molecular formula is C15H16N2O2. The Bertz CT molecular complexity index is 545. The molecule has 1 aromatic carbocycles. The Morgan fingerprint density at radius 2 is 2.00 bits per heavy atom. The van der Waals surface area contributed by atoms with Crippen LogP contribution in [-0.4, -0.2) is 29.3 Å². The van der Waals surface area contributed by atoms with Gasteiger partial charge >= 0.3 is 0 Å². The third-order valence-electron chi connectivity index (χ3n) is 3.25. The average molecular weight is 256 g/mol. The number of hydrogen-bond acceptors (Lipinski definition) is 4. The summed E-state index contributed by atoms with van der Waals surface area (Å²) in [4.78, 5) is 6.26. The van der Waals surface area contributed by atoms with Crippen molar-refractivity contribution in [1.29, 1.82) is 0 Å². The maximum Gasteiger partial charge on any atom is 0.143 e. The van der Waals surface area contributed by atoms with Crippen molar-refractivity contribution in [1.82, 2.24) is 4.98 Å². The number of pyridine rings is 1. The van der Waals surface area contributed by atoms with E-state index in [9.17, 15) is 5.11 Å². The van der Waals surface area contributed by atoms with Gasteiger partial charge in [-0.25, -0.2) is 0 Å². The molecule has 19 heavy (non-hydrogen) atoms. The van der Waals surface area contributed by atoms with Gasteiger partial charge in [-0.2, -0.15) is 0 Å². The first-order valence-electron chi connectivity index (χ1n) is 6.37. The normalized spacial score (nSPS) is 17.7. The average Bonchev–Trinajstić information content (AvgIpc) is 2.48. The van der Waals surface area contributed by atoms with E-state index in [4.69, 9.17) is 4.74 Å². The highest BCUT2D eigenvalue weighted by Crippen LogP contribution is 2.33. The number of aliphatic hydroxyl groups excluding tert-OH is 1. The van der Waals surface area contributed by atoms with Gasteiger partial charge in [0.2, 0.25) is 0 Å². The summed E-state index contributed by atoms with van der Waals surface area (Å²) in [7, 11) is 0. The molecule has 3 rings (SSSR count). The van der Waals surface area contributed by atoms with Crippen molar-refractivity contribution in [2.75, 3.05) is 18.1 Å². The molecule has 98 valence electrons. The third-order valence-corrected chi connectivity index (χ3v) is 3.25. The number of fused-ring (bicyclic) bond motifs is 1. The van der Waals surface area contributed by atoms with E-state index in [0.29, 0.717) is 6.54 Å². The Labute approximate surface area is 112 Å². The van der Waals surface area contributed by atoms with Gasteiger partial charge in [-0.05, 0) is 29.8 Å². The van der Waals surface area contributed by atoms with Gasteiger partial charge in [0.05, 0.1) is 18.8 Å². The lowest BCUT2D eigenvalue weighted by Gasteiger charge is -2.35. The second-order valence-electron chi connectivity index (χ2n) is 4.63. The fourth-order valence-electron chi connectivity index (χ4n) is 2.33. The van der Waals surface area contributed by atoms with E-state index in [-0.39, 0.29) is 12.7 Å². The van der Waals surface area contributed by atoms with Crippen molar-refractivity contribution in [2.24, 2.45) is 0 Å². The fourth-order valence-corrected chi connectivity index (χ4v) is 2.33. The van der Waals surface area contributed by atoms with E-state index in [2.05, 4.69) is 9.88 Å². The molecule has 0 saturated carbocycles. The lowest BCUT2D eigenvalue weighted by molar-refractivity contribution is 0.112. The van der Waals surface area contributed by atoms with Crippen molar-refractivity contribution in [3.05, 3.63) is 54.4 Å². The molecule has 0 radical (unpaired) electrons. The first-order valence-corrected chi connectivity index (χ1v) is 6.37. The summed E-state index contributed by atoms with van der Waals surface area (Å²) >= 11 is 0. The van der Waals surface area contributed by atoms with Crippen LogP contribution in [0.15, 0.2) is 48.8 Å². The first-order chi connectivity index (χ1) is 9.36. The van der Waals surface area contributed by atoms with Gasteiger partial charge in [0.1, 0.15) is 11.9 Å². The molecule has 0 amide bonds. The summed E-state index contributed by atoms with van der Waals surface area (Å²) in [5.41, 5.74) is 2.27. The largest absolute Gasteiger partial charge is 0.484 e. The van der Waals surface area contributed by atoms with Crippen molar-refractivity contribution in [3.63, 3.8) is 0 Å².